The van der Waals surface area contributed by atoms with Crippen molar-refractivity contribution < 1.29 is 4.79 Å². The molecule has 0 radical (unpaired) electrons. The number of carbonyl (C=O) groups excluding carboxylic acids is 1. The first-order chi connectivity index (χ1) is 7.65. The van der Waals surface area contributed by atoms with Crippen molar-refractivity contribution in [1.82, 2.24) is 5.32 Å². The molecule has 0 aliphatic carbocycles. The van der Waals surface area contributed by atoms with Crippen LogP contribution in [0.4, 0.5) is 0 Å². The lowest BCUT2D eigenvalue weighted by atomic mass is 10.2. The molecule has 1 atom stereocenters. The van der Waals surface area contributed by atoms with E-state index in [1.807, 2.05) is 24.3 Å². The Morgan fingerprint density at radius 3 is 2.75 bits per heavy atom. The minimum absolute atomic E-state index is 0.0342. The lowest BCUT2D eigenvalue weighted by molar-refractivity contribution is 0.0953. The first kappa shape index (κ1) is 13.7. The van der Waals surface area contributed by atoms with Crippen molar-refractivity contribution in [1.29, 1.82) is 0 Å². The Hall–Kier alpha value is -0.350. The fourth-order valence-corrected chi connectivity index (χ4v) is 2.44. The molecule has 0 aliphatic rings. The third-order valence-corrected chi connectivity index (χ3v) is 3.68. The van der Waals surface area contributed by atoms with E-state index < -0.39 is 0 Å². The van der Waals surface area contributed by atoms with Crippen LogP contribution in [0, 0.1) is 0 Å². The molecule has 88 valence electrons. The van der Waals surface area contributed by atoms with Gasteiger partial charge in [0.1, 0.15) is 0 Å². The summed E-state index contributed by atoms with van der Waals surface area (Å²) >= 11 is 6.89. The van der Waals surface area contributed by atoms with E-state index in [1.165, 1.54) is 0 Å². The molecule has 1 N–H and O–H groups in total. The first-order valence-corrected chi connectivity index (χ1v) is 7.02. The van der Waals surface area contributed by atoms with Crippen LogP contribution in [0.2, 0.25) is 0 Å². The predicted octanol–water partition coefficient (Wildman–Crippen LogP) is 3.74. The van der Waals surface area contributed by atoms with E-state index in [9.17, 15) is 4.79 Å². The number of alkyl halides is 1. The van der Waals surface area contributed by atoms with Crippen LogP contribution in [-0.4, -0.2) is 17.3 Å². The molecule has 0 fully saturated rings. The van der Waals surface area contributed by atoms with Crippen molar-refractivity contribution in [2.45, 2.75) is 24.6 Å². The molecular weight excluding hydrogens is 334 g/mol. The van der Waals surface area contributed by atoms with Gasteiger partial charge in [0.05, 0.1) is 5.56 Å². The normalized spacial score (nSPS) is 12.2. The highest BCUT2D eigenvalue weighted by Crippen LogP contribution is 2.15. The van der Waals surface area contributed by atoms with Crippen LogP contribution in [-0.2, 0) is 0 Å². The molecule has 1 amide bonds. The fraction of sp³-hybridized carbons (Fsp3) is 0.417. The zero-order valence-corrected chi connectivity index (χ0v) is 12.3. The summed E-state index contributed by atoms with van der Waals surface area (Å²) in [5, 5.41) is 2.91. The van der Waals surface area contributed by atoms with Crippen LogP contribution >= 0.6 is 31.9 Å². The van der Waals surface area contributed by atoms with Crippen LogP contribution in [0.1, 0.15) is 30.1 Å². The van der Waals surface area contributed by atoms with Gasteiger partial charge in [-0.25, -0.2) is 0 Å². The molecule has 0 spiro atoms. The summed E-state index contributed by atoms with van der Waals surface area (Å²) in [4.78, 5) is 12.2. The minimum Gasteiger partial charge on any atom is -0.351 e. The van der Waals surface area contributed by atoms with E-state index in [0.717, 1.165) is 17.3 Å². The zero-order chi connectivity index (χ0) is 12.0. The Morgan fingerprint density at radius 2 is 2.12 bits per heavy atom. The van der Waals surface area contributed by atoms with Crippen LogP contribution < -0.4 is 5.32 Å². The Labute approximate surface area is 113 Å². The molecule has 0 bridgehead atoms. The summed E-state index contributed by atoms with van der Waals surface area (Å²) in [6, 6.07) is 7.43. The van der Waals surface area contributed by atoms with Crippen molar-refractivity contribution in [3.05, 3.63) is 34.3 Å². The van der Waals surface area contributed by atoms with Gasteiger partial charge in [0.2, 0.25) is 0 Å². The molecule has 0 saturated heterocycles. The average Bonchev–Trinajstić information content (AvgIpc) is 2.27. The summed E-state index contributed by atoms with van der Waals surface area (Å²) in [5.41, 5.74) is 0.679. The summed E-state index contributed by atoms with van der Waals surface area (Å²) < 4.78 is 0.828. The summed E-state index contributed by atoms with van der Waals surface area (Å²) in [5.74, 6) is -0.0342. The SMILES string of the molecule is CCCC(Br)CNC(=O)c1ccccc1Br. The smallest absolute Gasteiger partial charge is 0.252 e. The second kappa shape index (κ2) is 7.07. The quantitative estimate of drug-likeness (QED) is 0.807. The minimum atomic E-state index is -0.0342. The topological polar surface area (TPSA) is 29.1 Å². The predicted molar refractivity (Wildman–Crippen MR) is 74.1 cm³/mol. The van der Waals surface area contributed by atoms with Gasteiger partial charge in [-0.3, -0.25) is 4.79 Å². The van der Waals surface area contributed by atoms with Crippen LogP contribution in [0.3, 0.4) is 0 Å². The highest BCUT2D eigenvalue weighted by atomic mass is 79.9. The largest absolute Gasteiger partial charge is 0.351 e. The molecule has 0 aliphatic heterocycles. The Bertz CT molecular complexity index is 355. The third-order valence-electron chi connectivity index (χ3n) is 2.20. The summed E-state index contributed by atoms with van der Waals surface area (Å²) in [6.07, 6.45) is 2.18. The number of nitrogens with one attached hydrogen (secondary N) is 1. The number of amides is 1. The van der Waals surface area contributed by atoms with Crippen LogP contribution in [0.5, 0.6) is 0 Å². The van der Waals surface area contributed by atoms with E-state index in [1.54, 1.807) is 0 Å². The molecule has 1 unspecified atom stereocenters. The number of halogens is 2. The monoisotopic (exact) mass is 347 g/mol. The van der Waals surface area contributed by atoms with Crippen molar-refractivity contribution in [2.75, 3.05) is 6.54 Å². The zero-order valence-electron chi connectivity index (χ0n) is 9.17. The molecule has 1 aromatic carbocycles. The maximum absolute atomic E-state index is 11.8. The van der Waals surface area contributed by atoms with Gasteiger partial charge in [0, 0.05) is 15.8 Å². The van der Waals surface area contributed by atoms with E-state index in [0.29, 0.717) is 16.9 Å². The first-order valence-electron chi connectivity index (χ1n) is 5.32. The average molecular weight is 349 g/mol. The molecule has 0 saturated carbocycles. The second-order valence-corrected chi connectivity index (χ2v) is 5.73. The lowest BCUT2D eigenvalue weighted by Gasteiger charge is -2.10. The number of benzene rings is 1. The van der Waals surface area contributed by atoms with Gasteiger partial charge in [-0.15, -0.1) is 0 Å². The van der Waals surface area contributed by atoms with E-state index in [-0.39, 0.29) is 5.91 Å². The standard InChI is InChI=1S/C12H15Br2NO/c1-2-5-9(13)8-15-12(16)10-6-3-4-7-11(10)14/h3-4,6-7,9H,2,5,8H2,1H3,(H,15,16). The van der Waals surface area contributed by atoms with Crippen LogP contribution in [0.15, 0.2) is 28.7 Å². The van der Waals surface area contributed by atoms with Gasteiger partial charge in [0.25, 0.3) is 5.91 Å². The van der Waals surface area contributed by atoms with Gasteiger partial charge >= 0.3 is 0 Å². The number of rotatable bonds is 5. The van der Waals surface area contributed by atoms with Crippen molar-refractivity contribution in [3.8, 4) is 0 Å². The Balaban J connectivity index is 2.50. The van der Waals surface area contributed by atoms with Gasteiger partial charge in [-0.2, -0.15) is 0 Å². The molecule has 0 aromatic heterocycles. The van der Waals surface area contributed by atoms with Crippen LogP contribution in [0.25, 0.3) is 0 Å². The number of hydrogen-bond acceptors (Lipinski definition) is 1. The van der Waals surface area contributed by atoms with Crippen molar-refractivity contribution >= 4 is 37.8 Å². The Kier molecular flexibility index (Phi) is 6.06. The fourth-order valence-electron chi connectivity index (χ4n) is 1.36. The number of carbonyl (C=O) groups is 1. The molecule has 2 nitrogen and oxygen atoms in total. The highest BCUT2D eigenvalue weighted by molar-refractivity contribution is 9.10. The van der Waals surface area contributed by atoms with Gasteiger partial charge in [0.15, 0.2) is 0 Å². The second-order valence-electron chi connectivity index (χ2n) is 3.58. The van der Waals surface area contributed by atoms with Crippen molar-refractivity contribution in [3.63, 3.8) is 0 Å². The molecule has 16 heavy (non-hydrogen) atoms. The van der Waals surface area contributed by atoms with E-state index in [2.05, 4.69) is 44.1 Å². The van der Waals surface area contributed by atoms with Gasteiger partial charge in [-0.1, -0.05) is 41.4 Å². The van der Waals surface area contributed by atoms with E-state index in [4.69, 9.17) is 0 Å². The van der Waals surface area contributed by atoms with Gasteiger partial charge in [-0.05, 0) is 34.5 Å². The molecule has 1 aromatic rings. The van der Waals surface area contributed by atoms with Crippen molar-refractivity contribution in [2.24, 2.45) is 0 Å². The molecule has 1 rings (SSSR count). The number of hydrogen-bond donors (Lipinski definition) is 1. The summed E-state index contributed by atoms with van der Waals surface area (Å²) in [6.45, 7) is 2.79. The van der Waals surface area contributed by atoms with Gasteiger partial charge < -0.3 is 5.32 Å². The molecular formula is C12H15Br2NO. The molecule has 4 heteroatoms. The van der Waals surface area contributed by atoms with E-state index >= 15 is 0 Å². The Morgan fingerprint density at radius 1 is 1.44 bits per heavy atom. The molecule has 0 heterocycles. The maximum atomic E-state index is 11.8. The summed E-state index contributed by atoms with van der Waals surface area (Å²) in [7, 11) is 0. The maximum Gasteiger partial charge on any atom is 0.252 e. The lowest BCUT2D eigenvalue weighted by Crippen LogP contribution is -2.29. The third kappa shape index (κ3) is 4.26. The highest BCUT2D eigenvalue weighted by Gasteiger charge is 2.10.